The molecule has 0 bridgehead atoms. The van der Waals surface area contributed by atoms with Crippen LogP contribution in [0.5, 0.6) is 0 Å². The summed E-state index contributed by atoms with van der Waals surface area (Å²) in [6.07, 6.45) is 2.44. The van der Waals surface area contributed by atoms with Gasteiger partial charge in [0.1, 0.15) is 0 Å². The van der Waals surface area contributed by atoms with Crippen molar-refractivity contribution in [3.63, 3.8) is 0 Å². The minimum absolute atomic E-state index is 0.0121. The highest BCUT2D eigenvalue weighted by Crippen LogP contribution is 2.23. The fourth-order valence-electron chi connectivity index (χ4n) is 3.27. The lowest BCUT2D eigenvalue weighted by molar-refractivity contribution is -0.00316. The molecule has 2 aliphatic heterocycles. The van der Waals surface area contributed by atoms with Gasteiger partial charge < -0.3 is 10.5 Å². The topological polar surface area (TPSA) is 41.7 Å². The van der Waals surface area contributed by atoms with Gasteiger partial charge in [0.25, 0.3) is 0 Å². The van der Waals surface area contributed by atoms with Crippen LogP contribution in [-0.2, 0) is 4.74 Å². The molecule has 0 spiro atoms. The van der Waals surface area contributed by atoms with Crippen molar-refractivity contribution in [2.75, 3.05) is 39.4 Å². The molecule has 20 heavy (non-hydrogen) atoms. The standard InChI is InChI=1S/C16H24N3O/c17-16(14-4-2-1-3-5-14)19-8-6-15(7-9-19)18-10-12-20-13-11-18/h1-2,4-5,15-16H,6-13,17H2. The van der Waals surface area contributed by atoms with E-state index >= 15 is 0 Å². The van der Waals surface area contributed by atoms with Crippen LogP contribution in [0.2, 0.25) is 0 Å². The number of rotatable bonds is 3. The van der Waals surface area contributed by atoms with Crippen molar-refractivity contribution in [3.05, 3.63) is 35.9 Å². The van der Waals surface area contributed by atoms with E-state index in [1.165, 1.54) is 12.8 Å². The third-order valence-electron chi connectivity index (χ3n) is 4.53. The molecule has 0 amide bonds. The minimum Gasteiger partial charge on any atom is -0.379 e. The number of benzene rings is 1. The molecule has 2 heterocycles. The van der Waals surface area contributed by atoms with E-state index in [9.17, 15) is 0 Å². The normalized spacial score (nSPS) is 24.6. The van der Waals surface area contributed by atoms with Crippen LogP contribution in [0.25, 0.3) is 0 Å². The average Bonchev–Trinajstić information content (AvgIpc) is 2.56. The molecule has 2 N–H and O–H groups in total. The lowest BCUT2D eigenvalue weighted by Gasteiger charge is -2.41. The van der Waals surface area contributed by atoms with Crippen LogP contribution in [-0.4, -0.2) is 55.2 Å². The molecule has 0 saturated carbocycles. The Hall–Kier alpha value is -0.940. The van der Waals surface area contributed by atoms with Crippen LogP contribution in [0.15, 0.2) is 24.3 Å². The predicted molar refractivity (Wildman–Crippen MR) is 79.2 cm³/mol. The largest absolute Gasteiger partial charge is 0.379 e. The highest BCUT2D eigenvalue weighted by atomic mass is 16.5. The SMILES string of the molecule is NC(c1c[c]ccc1)N1CCC(N2CCOCC2)CC1. The van der Waals surface area contributed by atoms with Crippen LogP contribution in [0.4, 0.5) is 0 Å². The van der Waals surface area contributed by atoms with Gasteiger partial charge in [-0.05, 0) is 30.5 Å². The van der Waals surface area contributed by atoms with Gasteiger partial charge in [-0.15, -0.1) is 0 Å². The van der Waals surface area contributed by atoms with Gasteiger partial charge in [0.15, 0.2) is 0 Å². The molecular weight excluding hydrogens is 250 g/mol. The Labute approximate surface area is 121 Å². The summed E-state index contributed by atoms with van der Waals surface area (Å²) in [6, 6.07) is 11.8. The van der Waals surface area contributed by atoms with Crippen LogP contribution in [0, 0.1) is 6.07 Å². The molecule has 1 atom stereocenters. The number of hydrogen-bond donors (Lipinski definition) is 1. The van der Waals surface area contributed by atoms with Crippen molar-refractivity contribution >= 4 is 0 Å². The van der Waals surface area contributed by atoms with E-state index in [0.717, 1.165) is 45.0 Å². The van der Waals surface area contributed by atoms with E-state index in [2.05, 4.69) is 21.9 Å². The van der Waals surface area contributed by atoms with Gasteiger partial charge in [-0.2, -0.15) is 0 Å². The molecule has 4 nitrogen and oxygen atoms in total. The van der Waals surface area contributed by atoms with Crippen molar-refractivity contribution in [2.45, 2.75) is 25.0 Å². The molecule has 0 aliphatic carbocycles. The fourth-order valence-corrected chi connectivity index (χ4v) is 3.27. The molecule has 3 rings (SSSR count). The van der Waals surface area contributed by atoms with E-state index in [1.807, 2.05) is 18.2 Å². The Balaban J connectivity index is 1.53. The molecule has 109 valence electrons. The van der Waals surface area contributed by atoms with Crippen LogP contribution < -0.4 is 5.73 Å². The lowest BCUT2D eigenvalue weighted by atomic mass is 10.0. The number of morpholine rings is 1. The summed E-state index contributed by atoms with van der Waals surface area (Å²) >= 11 is 0. The molecule has 1 aromatic rings. The van der Waals surface area contributed by atoms with E-state index in [-0.39, 0.29) is 6.17 Å². The number of ether oxygens (including phenoxy) is 1. The van der Waals surface area contributed by atoms with E-state index in [0.29, 0.717) is 6.04 Å². The minimum atomic E-state index is 0.0121. The summed E-state index contributed by atoms with van der Waals surface area (Å²) in [5.41, 5.74) is 7.53. The summed E-state index contributed by atoms with van der Waals surface area (Å²) in [7, 11) is 0. The molecule has 1 unspecified atom stereocenters. The van der Waals surface area contributed by atoms with E-state index in [1.54, 1.807) is 0 Å². The van der Waals surface area contributed by atoms with Crippen molar-refractivity contribution in [1.29, 1.82) is 0 Å². The maximum Gasteiger partial charge on any atom is 0.0835 e. The van der Waals surface area contributed by atoms with Crippen molar-refractivity contribution in [1.82, 2.24) is 9.80 Å². The van der Waals surface area contributed by atoms with Gasteiger partial charge >= 0.3 is 0 Å². The van der Waals surface area contributed by atoms with E-state index < -0.39 is 0 Å². The maximum atomic E-state index is 6.37. The van der Waals surface area contributed by atoms with Gasteiger partial charge in [0.05, 0.1) is 19.4 Å². The van der Waals surface area contributed by atoms with Gasteiger partial charge in [0.2, 0.25) is 0 Å². The van der Waals surface area contributed by atoms with Gasteiger partial charge in [0, 0.05) is 32.2 Å². The molecular formula is C16H24N3O. The molecule has 4 heteroatoms. The number of hydrogen-bond acceptors (Lipinski definition) is 4. The molecule has 2 fully saturated rings. The zero-order chi connectivity index (χ0) is 13.8. The Bertz CT molecular complexity index is 397. The third kappa shape index (κ3) is 3.20. The van der Waals surface area contributed by atoms with Crippen LogP contribution in [0.1, 0.15) is 24.6 Å². The number of nitrogens with two attached hydrogens (primary N) is 1. The monoisotopic (exact) mass is 274 g/mol. The Morgan fingerprint density at radius 3 is 2.60 bits per heavy atom. The number of nitrogens with zero attached hydrogens (tertiary/aromatic N) is 2. The van der Waals surface area contributed by atoms with Crippen LogP contribution >= 0.6 is 0 Å². The highest BCUT2D eigenvalue weighted by Gasteiger charge is 2.28. The summed E-state index contributed by atoms with van der Waals surface area (Å²) in [4.78, 5) is 4.97. The molecule has 1 radical (unpaired) electrons. The highest BCUT2D eigenvalue weighted by molar-refractivity contribution is 5.17. The van der Waals surface area contributed by atoms with Crippen molar-refractivity contribution < 1.29 is 4.74 Å². The Morgan fingerprint density at radius 1 is 1.20 bits per heavy atom. The first-order valence-electron chi connectivity index (χ1n) is 7.62. The summed E-state index contributed by atoms with van der Waals surface area (Å²) < 4.78 is 5.43. The lowest BCUT2D eigenvalue weighted by Crippen LogP contribution is -2.50. The third-order valence-corrected chi connectivity index (χ3v) is 4.53. The summed E-state index contributed by atoms with van der Waals surface area (Å²) in [5.74, 6) is 0. The second kappa shape index (κ2) is 6.68. The molecule has 2 saturated heterocycles. The zero-order valence-electron chi connectivity index (χ0n) is 12.0. The molecule has 2 aliphatic rings. The second-order valence-corrected chi connectivity index (χ2v) is 5.70. The first-order valence-corrected chi connectivity index (χ1v) is 7.62. The smallest absolute Gasteiger partial charge is 0.0835 e. The van der Waals surface area contributed by atoms with Gasteiger partial charge in [-0.3, -0.25) is 9.80 Å². The summed E-state index contributed by atoms with van der Waals surface area (Å²) in [6.45, 7) is 6.12. The molecule has 1 aromatic carbocycles. The van der Waals surface area contributed by atoms with Gasteiger partial charge in [-0.1, -0.05) is 18.2 Å². The Kier molecular flexibility index (Phi) is 4.68. The first kappa shape index (κ1) is 14.0. The summed E-state index contributed by atoms with van der Waals surface area (Å²) in [5, 5.41) is 0. The fraction of sp³-hybridized carbons (Fsp3) is 0.625. The predicted octanol–water partition coefficient (Wildman–Crippen LogP) is 1.24. The average molecular weight is 274 g/mol. The van der Waals surface area contributed by atoms with E-state index in [4.69, 9.17) is 10.5 Å². The van der Waals surface area contributed by atoms with Crippen LogP contribution in [0.3, 0.4) is 0 Å². The maximum absolute atomic E-state index is 6.37. The number of likely N-dealkylation sites (tertiary alicyclic amines) is 1. The van der Waals surface area contributed by atoms with Gasteiger partial charge in [-0.25, -0.2) is 0 Å². The second-order valence-electron chi connectivity index (χ2n) is 5.70. The number of piperidine rings is 1. The Morgan fingerprint density at radius 2 is 1.95 bits per heavy atom. The van der Waals surface area contributed by atoms with Crippen molar-refractivity contribution in [2.24, 2.45) is 5.73 Å². The molecule has 0 aromatic heterocycles. The quantitative estimate of drug-likeness (QED) is 0.900. The zero-order valence-corrected chi connectivity index (χ0v) is 12.0. The van der Waals surface area contributed by atoms with Crippen molar-refractivity contribution in [3.8, 4) is 0 Å². The first-order chi connectivity index (χ1) is 9.84.